The Morgan fingerprint density at radius 2 is 1.50 bits per heavy atom. The number of carbonyl (C=O) groups is 1. The Morgan fingerprint density at radius 1 is 0.906 bits per heavy atom. The Hall–Kier alpha value is -3.29. The quantitative estimate of drug-likeness (QED) is 0.585. The summed E-state index contributed by atoms with van der Waals surface area (Å²) in [5, 5.41) is 11.3. The summed E-state index contributed by atoms with van der Waals surface area (Å²) in [6.07, 6.45) is 0. The Labute approximate surface area is 191 Å². The number of amides is 1. The number of anilines is 2. The lowest BCUT2D eigenvalue weighted by Crippen LogP contribution is -2.31. The fourth-order valence-corrected chi connectivity index (χ4v) is 5.48. The second-order valence-electron chi connectivity index (χ2n) is 7.57. The molecule has 0 fully saturated rings. The van der Waals surface area contributed by atoms with Crippen LogP contribution in [-0.2, 0) is 14.6 Å². The predicted octanol–water partition coefficient (Wildman–Crippen LogP) is 4.74. The van der Waals surface area contributed by atoms with Gasteiger partial charge in [-0.15, -0.1) is 0 Å². The van der Waals surface area contributed by atoms with Crippen molar-refractivity contribution in [3.63, 3.8) is 0 Å². The van der Waals surface area contributed by atoms with Crippen LogP contribution in [0.3, 0.4) is 0 Å². The van der Waals surface area contributed by atoms with Crippen LogP contribution in [0, 0.1) is 0 Å². The molecule has 0 saturated heterocycles. The number of benzene rings is 3. The van der Waals surface area contributed by atoms with Crippen LogP contribution in [0.15, 0.2) is 94.4 Å². The topological polar surface area (TPSA) is 77.9 Å². The predicted molar refractivity (Wildman–Crippen MR) is 126 cm³/mol. The van der Waals surface area contributed by atoms with Crippen LogP contribution < -0.4 is 9.80 Å². The summed E-state index contributed by atoms with van der Waals surface area (Å²) in [6.45, 7) is 0. The minimum absolute atomic E-state index is 0.00205. The maximum absolute atomic E-state index is 13.6. The minimum atomic E-state index is -4.16. The molecule has 3 aromatic carbocycles. The molecule has 0 bridgehead atoms. The summed E-state index contributed by atoms with van der Waals surface area (Å²) in [5.41, 5.74) is 1.89. The normalized spacial score (nSPS) is 16.5. The zero-order valence-electron chi connectivity index (χ0n) is 17.4. The molecule has 1 atom stereocenters. The zero-order valence-corrected chi connectivity index (χ0v) is 19.0. The number of carbonyl (C=O) groups excluding carboxylic acids is 1. The Bertz CT molecular complexity index is 1290. The highest BCUT2D eigenvalue weighted by atomic mass is 35.5. The molecule has 164 valence electrons. The number of sulfone groups is 1. The maximum atomic E-state index is 13.6. The highest BCUT2D eigenvalue weighted by molar-refractivity contribution is 7.95. The number of aliphatic hydroxyl groups is 1. The third-order valence-electron chi connectivity index (χ3n) is 5.33. The van der Waals surface area contributed by atoms with E-state index >= 15 is 0 Å². The average Bonchev–Trinajstić information content (AvgIpc) is 3.06. The number of rotatable bonds is 5. The molecule has 32 heavy (non-hydrogen) atoms. The van der Waals surface area contributed by atoms with Crippen molar-refractivity contribution in [3.05, 3.63) is 100 Å². The second kappa shape index (κ2) is 8.33. The molecule has 3 aromatic rings. The lowest BCUT2D eigenvalue weighted by molar-refractivity contribution is -0.117. The number of aliphatic hydroxyl groups excluding tert-OH is 1. The SMILES string of the molecule is CN(C)c1ccc([C@H]2C(S(=O)(=O)c3ccccc3)=C(O)C(=O)N2c2ccc(Cl)cc2)cc1. The lowest BCUT2D eigenvalue weighted by atomic mass is 10.1. The molecule has 1 N–H and O–H groups in total. The van der Waals surface area contributed by atoms with Gasteiger partial charge in [-0.2, -0.15) is 0 Å². The van der Waals surface area contributed by atoms with E-state index in [4.69, 9.17) is 11.6 Å². The van der Waals surface area contributed by atoms with Crippen molar-refractivity contribution in [1.29, 1.82) is 0 Å². The first-order valence-corrected chi connectivity index (χ1v) is 11.7. The van der Waals surface area contributed by atoms with Crippen LogP contribution in [0.25, 0.3) is 0 Å². The summed E-state index contributed by atoms with van der Waals surface area (Å²) in [6, 6.07) is 20.4. The Kier molecular flexibility index (Phi) is 5.71. The van der Waals surface area contributed by atoms with E-state index in [0.717, 1.165) is 5.69 Å². The van der Waals surface area contributed by atoms with Crippen LogP contribution in [-0.4, -0.2) is 33.5 Å². The van der Waals surface area contributed by atoms with Crippen molar-refractivity contribution >= 4 is 38.7 Å². The molecule has 4 rings (SSSR count). The van der Waals surface area contributed by atoms with E-state index in [1.54, 1.807) is 54.6 Å². The molecule has 0 saturated carbocycles. The van der Waals surface area contributed by atoms with Gasteiger partial charge in [0.25, 0.3) is 5.91 Å². The van der Waals surface area contributed by atoms with E-state index in [1.165, 1.54) is 17.0 Å². The molecular weight excluding hydrogens is 448 g/mol. The fourth-order valence-electron chi connectivity index (χ4n) is 3.71. The van der Waals surface area contributed by atoms with Crippen LogP contribution in [0.2, 0.25) is 5.02 Å². The van der Waals surface area contributed by atoms with Crippen molar-refractivity contribution in [2.75, 3.05) is 23.9 Å². The van der Waals surface area contributed by atoms with Gasteiger partial charge in [0.15, 0.2) is 5.76 Å². The van der Waals surface area contributed by atoms with Crippen molar-refractivity contribution in [1.82, 2.24) is 0 Å². The lowest BCUT2D eigenvalue weighted by Gasteiger charge is -2.27. The van der Waals surface area contributed by atoms with Gasteiger partial charge in [0.2, 0.25) is 9.84 Å². The molecule has 1 amide bonds. The van der Waals surface area contributed by atoms with Gasteiger partial charge >= 0.3 is 0 Å². The molecule has 0 spiro atoms. The fraction of sp³-hybridized carbons (Fsp3) is 0.125. The highest BCUT2D eigenvalue weighted by Gasteiger charge is 2.47. The van der Waals surface area contributed by atoms with Gasteiger partial charge in [0.1, 0.15) is 10.9 Å². The van der Waals surface area contributed by atoms with Crippen molar-refractivity contribution < 1.29 is 18.3 Å². The highest BCUT2D eigenvalue weighted by Crippen LogP contribution is 2.45. The van der Waals surface area contributed by atoms with Crippen molar-refractivity contribution in [2.24, 2.45) is 0 Å². The molecule has 0 radical (unpaired) electrons. The van der Waals surface area contributed by atoms with Gasteiger partial charge < -0.3 is 10.0 Å². The summed E-state index contributed by atoms with van der Waals surface area (Å²) >= 11 is 6.00. The van der Waals surface area contributed by atoms with E-state index in [1.807, 2.05) is 31.1 Å². The van der Waals surface area contributed by atoms with Gasteiger partial charge in [0.05, 0.1) is 4.90 Å². The number of halogens is 1. The van der Waals surface area contributed by atoms with Crippen LogP contribution in [0.1, 0.15) is 11.6 Å². The monoisotopic (exact) mass is 468 g/mol. The molecule has 6 nitrogen and oxygen atoms in total. The molecule has 0 aliphatic carbocycles. The molecule has 0 aromatic heterocycles. The molecule has 1 aliphatic rings. The van der Waals surface area contributed by atoms with Gasteiger partial charge in [-0.05, 0) is 54.1 Å². The number of hydrogen-bond acceptors (Lipinski definition) is 5. The van der Waals surface area contributed by atoms with E-state index < -0.39 is 27.5 Å². The standard InChI is InChI=1S/C24H21ClN2O4S/c1-26(2)18-12-8-16(9-13-18)21-23(32(30,31)20-6-4-3-5-7-20)22(28)24(29)27(21)19-14-10-17(25)11-15-19/h3-15,21,28H,1-2H3/t21-/m0/s1. The van der Waals surface area contributed by atoms with Crippen molar-refractivity contribution in [2.45, 2.75) is 10.9 Å². The van der Waals surface area contributed by atoms with E-state index in [2.05, 4.69) is 0 Å². The smallest absolute Gasteiger partial charge is 0.295 e. The maximum Gasteiger partial charge on any atom is 0.295 e. The van der Waals surface area contributed by atoms with Gasteiger partial charge in [-0.3, -0.25) is 9.69 Å². The summed E-state index contributed by atoms with van der Waals surface area (Å²) < 4.78 is 27.1. The molecule has 0 unspecified atom stereocenters. The zero-order chi connectivity index (χ0) is 23.0. The largest absolute Gasteiger partial charge is 0.502 e. The number of hydrogen-bond donors (Lipinski definition) is 1. The first-order chi connectivity index (χ1) is 15.2. The van der Waals surface area contributed by atoms with E-state index in [9.17, 15) is 18.3 Å². The first-order valence-electron chi connectivity index (χ1n) is 9.81. The molecule has 1 heterocycles. The Morgan fingerprint density at radius 3 is 2.06 bits per heavy atom. The van der Waals surface area contributed by atoms with Crippen molar-refractivity contribution in [3.8, 4) is 0 Å². The van der Waals surface area contributed by atoms with Gasteiger partial charge in [-0.25, -0.2) is 8.42 Å². The van der Waals surface area contributed by atoms with Crippen LogP contribution >= 0.6 is 11.6 Å². The van der Waals surface area contributed by atoms with Crippen LogP contribution in [0.4, 0.5) is 11.4 Å². The first kappa shape index (κ1) is 21.9. The summed E-state index contributed by atoms with van der Waals surface area (Å²) in [5.74, 6) is -1.57. The van der Waals surface area contributed by atoms with Gasteiger partial charge in [0, 0.05) is 30.5 Å². The summed E-state index contributed by atoms with van der Waals surface area (Å²) in [4.78, 5) is 16.0. The number of nitrogens with zero attached hydrogens (tertiary/aromatic N) is 2. The van der Waals surface area contributed by atoms with Gasteiger partial charge in [-0.1, -0.05) is 41.9 Å². The molecule has 1 aliphatic heterocycles. The Balaban J connectivity index is 1.92. The summed E-state index contributed by atoms with van der Waals surface area (Å²) in [7, 11) is -0.375. The van der Waals surface area contributed by atoms with E-state index in [-0.39, 0.29) is 9.80 Å². The van der Waals surface area contributed by atoms with E-state index in [0.29, 0.717) is 16.3 Å². The minimum Gasteiger partial charge on any atom is -0.502 e. The second-order valence-corrected chi connectivity index (χ2v) is 9.92. The average molecular weight is 469 g/mol. The molecular formula is C24H21ClN2O4S. The molecule has 8 heteroatoms. The van der Waals surface area contributed by atoms with Crippen LogP contribution in [0.5, 0.6) is 0 Å². The third kappa shape index (κ3) is 3.74. The third-order valence-corrected chi connectivity index (χ3v) is 7.47.